The van der Waals surface area contributed by atoms with Crippen LogP contribution in [0, 0.1) is 0 Å². The highest BCUT2D eigenvalue weighted by Gasteiger charge is 1.98. The molecule has 0 amide bonds. The molecule has 0 spiro atoms. The summed E-state index contributed by atoms with van der Waals surface area (Å²) in [6, 6.07) is 11.6. The first-order chi connectivity index (χ1) is 7.40. The first kappa shape index (κ1) is 9.30. The zero-order valence-corrected chi connectivity index (χ0v) is 7.98. The normalized spacial score (nSPS) is 9.60. The maximum Gasteiger partial charge on any atom is 0.0702 e. The third-order valence-corrected chi connectivity index (χ3v) is 1.96. The Labute approximate surface area is 86.6 Å². The van der Waals surface area contributed by atoms with Crippen molar-refractivity contribution in [2.24, 2.45) is 5.11 Å². The van der Waals surface area contributed by atoms with Crippen molar-refractivity contribution in [2.45, 2.75) is 6.54 Å². The maximum absolute atomic E-state index is 8.18. The summed E-state index contributed by atoms with van der Waals surface area (Å²) < 4.78 is 1.75. The van der Waals surface area contributed by atoms with E-state index in [0.717, 1.165) is 11.4 Å². The van der Waals surface area contributed by atoms with Crippen molar-refractivity contribution in [3.05, 3.63) is 58.7 Å². The molecule has 2 aromatic rings. The Morgan fingerprint density at radius 3 is 2.80 bits per heavy atom. The summed E-state index contributed by atoms with van der Waals surface area (Å²) in [6.07, 6.45) is 1.84. The first-order valence-corrected chi connectivity index (χ1v) is 4.51. The van der Waals surface area contributed by atoms with E-state index in [4.69, 9.17) is 5.53 Å². The Hall–Kier alpha value is -2.26. The molecule has 2 rings (SSSR count). The van der Waals surface area contributed by atoms with Gasteiger partial charge in [-0.15, -0.1) is 0 Å². The van der Waals surface area contributed by atoms with E-state index < -0.39 is 0 Å². The molecule has 1 aromatic heterocycles. The van der Waals surface area contributed by atoms with Crippen molar-refractivity contribution in [3.63, 3.8) is 0 Å². The van der Waals surface area contributed by atoms with Crippen LogP contribution in [-0.4, -0.2) is 9.78 Å². The Balaban J connectivity index is 2.24. The fourth-order valence-electron chi connectivity index (χ4n) is 1.27. The lowest BCUT2D eigenvalue weighted by atomic mass is 10.3. The molecule has 0 aliphatic carbocycles. The molecule has 0 unspecified atom stereocenters. The molecule has 0 atom stereocenters. The molecular weight excluding hydrogens is 190 g/mol. The number of benzene rings is 1. The molecule has 1 heterocycles. The highest BCUT2D eigenvalue weighted by atomic mass is 15.3. The zero-order valence-electron chi connectivity index (χ0n) is 7.98. The van der Waals surface area contributed by atoms with Crippen molar-refractivity contribution in [1.29, 1.82) is 0 Å². The number of aromatic nitrogens is 2. The van der Waals surface area contributed by atoms with Gasteiger partial charge >= 0.3 is 0 Å². The Morgan fingerprint density at radius 1 is 1.27 bits per heavy atom. The van der Waals surface area contributed by atoms with E-state index in [1.807, 2.05) is 42.6 Å². The van der Waals surface area contributed by atoms with Gasteiger partial charge in [0.2, 0.25) is 0 Å². The Kier molecular flexibility index (Phi) is 2.67. The Bertz CT molecular complexity index is 482. The van der Waals surface area contributed by atoms with Gasteiger partial charge in [-0.3, -0.25) is 0 Å². The van der Waals surface area contributed by atoms with Crippen molar-refractivity contribution < 1.29 is 0 Å². The van der Waals surface area contributed by atoms with Gasteiger partial charge in [-0.05, 0) is 23.7 Å². The van der Waals surface area contributed by atoms with Crippen molar-refractivity contribution in [1.82, 2.24) is 9.78 Å². The summed E-state index contributed by atoms with van der Waals surface area (Å²) in [5, 5.41) is 7.72. The predicted molar refractivity (Wildman–Crippen MR) is 56.4 cm³/mol. The SMILES string of the molecule is [N-]=[N+]=NCc1ccn(-c2ccccc2)n1. The van der Waals surface area contributed by atoms with Crippen LogP contribution in [0.2, 0.25) is 0 Å². The minimum atomic E-state index is 0.288. The lowest BCUT2D eigenvalue weighted by Crippen LogP contribution is -1.94. The number of hydrogen-bond donors (Lipinski definition) is 0. The van der Waals surface area contributed by atoms with Gasteiger partial charge in [0.05, 0.1) is 17.9 Å². The molecule has 0 saturated heterocycles. The van der Waals surface area contributed by atoms with E-state index in [1.165, 1.54) is 0 Å². The van der Waals surface area contributed by atoms with Gasteiger partial charge in [0.25, 0.3) is 0 Å². The summed E-state index contributed by atoms with van der Waals surface area (Å²) in [6.45, 7) is 0.288. The molecule has 1 aromatic carbocycles. The van der Waals surface area contributed by atoms with Crippen LogP contribution in [-0.2, 0) is 6.54 Å². The van der Waals surface area contributed by atoms with Gasteiger partial charge in [-0.1, -0.05) is 23.3 Å². The van der Waals surface area contributed by atoms with E-state index in [0.29, 0.717) is 0 Å². The van der Waals surface area contributed by atoms with Crippen LogP contribution in [0.4, 0.5) is 0 Å². The second-order valence-corrected chi connectivity index (χ2v) is 2.98. The van der Waals surface area contributed by atoms with Gasteiger partial charge in [0, 0.05) is 11.1 Å². The molecule has 15 heavy (non-hydrogen) atoms. The third kappa shape index (κ3) is 2.15. The first-order valence-electron chi connectivity index (χ1n) is 4.51. The molecule has 0 bridgehead atoms. The van der Waals surface area contributed by atoms with Crippen LogP contribution in [0.15, 0.2) is 47.7 Å². The minimum Gasteiger partial charge on any atom is -0.241 e. The average Bonchev–Trinajstić information content (AvgIpc) is 2.76. The highest BCUT2D eigenvalue weighted by Crippen LogP contribution is 2.07. The lowest BCUT2D eigenvalue weighted by Gasteiger charge is -1.98. The highest BCUT2D eigenvalue weighted by molar-refractivity contribution is 5.30. The smallest absolute Gasteiger partial charge is 0.0702 e. The summed E-state index contributed by atoms with van der Waals surface area (Å²) >= 11 is 0. The summed E-state index contributed by atoms with van der Waals surface area (Å²) in [5.74, 6) is 0. The van der Waals surface area contributed by atoms with Crippen molar-refractivity contribution in [3.8, 4) is 5.69 Å². The van der Waals surface area contributed by atoms with Crippen LogP contribution >= 0.6 is 0 Å². The van der Waals surface area contributed by atoms with Crippen LogP contribution in [0.25, 0.3) is 16.1 Å². The molecule has 0 aliphatic rings. The van der Waals surface area contributed by atoms with Crippen LogP contribution in [0.1, 0.15) is 5.69 Å². The van der Waals surface area contributed by atoms with Gasteiger partial charge in [-0.2, -0.15) is 5.10 Å². The second kappa shape index (κ2) is 4.30. The molecule has 5 nitrogen and oxygen atoms in total. The molecule has 0 aliphatic heterocycles. The van der Waals surface area contributed by atoms with Crippen molar-refractivity contribution in [2.75, 3.05) is 0 Å². The van der Waals surface area contributed by atoms with Gasteiger partial charge in [-0.25, -0.2) is 4.68 Å². The van der Waals surface area contributed by atoms with Gasteiger partial charge < -0.3 is 0 Å². The van der Waals surface area contributed by atoms with Crippen LogP contribution < -0.4 is 0 Å². The topological polar surface area (TPSA) is 66.6 Å². The predicted octanol–water partition coefficient (Wildman–Crippen LogP) is 2.68. The number of rotatable bonds is 3. The standard InChI is InChI=1S/C10H9N5/c11-14-12-8-9-6-7-15(13-9)10-4-2-1-3-5-10/h1-7H,8H2. The molecular formula is C10H9N5. The van der Waals surface area contributed by atoms with E-state index in [1.54, 1.807) is 4.68 Å². The number of para-hydroxylation sites is 1. The van der Waals surface area contributed by atoms with Gasteiger partial charge in [0.1, 0.15) is 0 Å². The number of hydrogen-bond acceptors (Lipinski definition) is 2. The van der Waals surface area contributed by atoms with E-state index in [-0.39, 0.29) is 6.54 Å². The quantitative estimate of drug-likeness (QED) is 0.425. The number of nitrogens with zero attached hydrogens (tertiary/aromatic N) is 5. The third-order valence-electron chi connectivity index (χ3n) is 1.96. The summed E-state index contributed by atoms with van der Waals surface area (Å²) in [4.78, 5) is 2.69. The zero-order chi connectivity index (χ0) is 10.5. The molecule has 74 valence electrons. The minimum absolute atomic E-state index is 0.288. The monoisotopic (exact) mass is 199 g/mol. The fraction of sp³-hybridized carbons (Fsp3) is 0.100. The maximum atomic E-state index is 8.18. The van der Waals surface area contributed by atoms with E-state index in [2.05, 4.69) is 15.1 Å². The molecule has 0 saturated carbocycles. The summed E-state index contributed by atoms with van der Waals surface area (Å²) in [5.41, 5.74) is 9.93. The van der Waals surface area contributed by atoms with Crippen LogP contribution in [0.5, 0.6) is 0 Å². The molecule has 0 fully saturated rings. The second-order valence-electron chi connectivity index (χ2n) is 2.98. The van der Waals surface area contributed by atoms with Crippen molar-refractivity contribution >= 4 is 0 Å². The molecule has 5 heteroatoms. The largest absolute Gasteiger partial charge is 0.241 e. The Morgan fingerprint density at radius 2 is 2.07 bits per heavy atom. The van der Waals surface area contributed by atoms with Gasteiger partial charge in [0.15, 0.2) is 0 Å². The molecule has 0 N–H and O–H groups in total. The lowest BCUT2D eigenvalue weighted by molar-refractivity contribution is 0.831. The average molecular weight is 199 g/mol. The van der Waals surface area contributed by atoms with E-state index in [9.17, 15) is 0 Å². The summed E-state index contributed by atoms with van der Waals surface area (Å²) in [7, 11) is 0. The fourth-order valence-corrected chi connectivity index (χ4v) is 1.27. The van der Waals surface area contributed by atoms with Crippen LogP contribution in [0.3, 0.4) is 0 Å². The van der Waals surface area contributed by atoms with E-state index >= 15 is 0 Å². The number of azide groups is 1. The molecule has 0 radical (unpaired) electrons.